The molecule has 0 amide bonds. The number of pyridine rings is 1. The standard InChI is InChI=1S/C12H13F5N2O3/c1-2-21-9(20)4-7-10(11(13)14)8(22-12(15,16)17)3-6(5-18)19-7/h3,11H,2,4-5,18H2,1H3. The van der Waals surface area contributed by atoms with Crippen LogP contribution in [-0.2, 0) is 22.5 Å². The largest absolute Gasteiger partial charge is 0.573 e. The highest BCUT2D eigenvalue weighted by Gasteiger charge is 2.35. The second-order valence-electron chi connectivity index (χ2n) is 4.01. The number of nitrogens with two attached hydrogens (primary N) is 1. The normalized spacial score (nSPS) is 11.6. The fraction of sp³-hybridized carbons (Fsp3) is 0.500. The Hall–Kier alpha value is -1.97. The number of alkyl halides is 5. The van der Waals surface area contributed by atoms with Crippen LogP contribution in [0, 0.1) is 0 Å². The molecule has 1 rings (SSSR count). The highest BCUT2D eigenvalue weighted by atomic mass is 19.4. The summed E-state index contributed by atoms with van der Waals surface area (Å²) in [6, 6.07) is 0.670. The van der Waals surface area contributed by atoms with Gasteiger partial charge < -0.3 is 15.2 Å². The summed E-state index contributed by atoms with van der Waals surface area (Å²) >= 11 is 0. The maximum Gasteiger partial charge on any atom is 0.573 e. The van der Waals surface area contributed by atoms with Crippen LogP contribution in [0.2, 0.25) is 0 Å². The molecular weight excluding hydrogens is 315 g/mol. The summed E-state index contributed by atoms with van der Waals surface area (Å²) in [4.78, 5) is 15.1. The second-order valence-corrected chi connectivity index (χ2v) is 4.01. The predicted octanol–water partition coefficient (Wildman–Crippen LogP) is 2.48. The van der Waals surface area contributed by atoms with Crippen molar-refractivity contribution in [1.82, 2.24) is 4.98 Å². The average molecular weight is 328 g/mol. The Morgan fingerprint density at radius 3 is 2.50 bits per heavy atom. The van der Waals surface area contributed by atoms with Gasteiger partial charge in [-0.3, -0.25) is 9.78 Å². The SMILES string of the molecule is CCOC(=O)Cc1nc(CN)cc(OC(F)(F)F)c1C(F)F. The van der Waals surface area contributed by atoms with Crippen LogP contribution in [0.15, 0.2) is 6.07 Å². The van der Waals surface area contributed by atoms with E-state index in [9.17, 15) is 26.7 Å². The minimum absolute atomic E-state index is 0.00860. The minimum Gasteiger partial charge on any atom is -0.466 e. The molecule has 124 valence electrons. The van der Waals surface area contributed by atoms with Crippen molar-refractivity contribution in [2.24, 2.45) is 5.73 Å². The molecular formula is C12H13F5N2O3. The molecule has 0 atom stereocenters. The summed E-state index contributed by atoms with van der Waals surface area (Å²) < 4.78 is 71.3. The Balaban J connectivity index is 3.33. The lowest BCUT2D eigenvalue weighted by Crippen LogP contribution is -2.21. The van der Waals surface area contributed by atoms with Gasteiger partial charge in [-0.25, -0.2) is 8.78 Å². The summed E-state index contributed by atoms with van der Waals surface area (Å²) in [5.74, 6) is -2.03. The number of hydrogen-bond donors (Lipinski definition) is 1. The minimum atomic E-state index is -5.17. The Morgan fingerprint density at radius 1 is 1.41 bits per heavy atom. The van der Waals surface area contributed by atoms with Gasteiger partial charge in [-0.1, -0.05) is 0 Å². The zero-order valence-corrected chi connectivity index (χ0v) is 11.4. The third-order valence-electron chi connectivity index (χ3n) is 2.42. The van der Waals surface area contributed by atoms with Gasteiger partial charge in [0, 0.05) is 12.6 Å². The molecule has 2 N–H and O–H groups in total. The molecule has 0 aliphatic rings. The van der Waals surface area contributed by atoms with Crippen molar-refractivity contribution >= 4 is 5.97 Å². The van der Waals surface area contributed by atoms with E-state index in [0.717, 1.165) is 0 Å². The number of halogens is 5. The van der Waals surface area contributed by atoms with Crippen LogP contribution in [0.3, 0.4) is 0 Å². The molecule has 10 heteroatoms. The Bertz CT molecular complexity index is 534. The van der Waals surface area contributed by atoms with E-state index in [-0.39, 0.29) is 18.8 Å². The average Bonchev–Trinajstić information content (AvgIpc) is 2.35. The molecule has 0 spiro atoms. The topological polar surface area (TPSA) is 74.4 Å². The molecule has 0 saturated carbocycles. The van der Waals surface area contributed by atoms with Gasteiger partial charge in [-0.2, -0.15) is 0 Å². The van der Waals surface area contributed by atoms with Crippen LogP contribution >= 0.6 is 0 Å². The molecule has 1 heterocycles. The first-order chi connectivity index (χ1) is 10.2. The van der Waals surface area contributed by atoms with Crippen LogP contribution in [0.1, 0.15) is 30.3 Å². The Morgan fingerprint density at radius 2 is 2.05 bits per heavy atom. The smallest absolute Gasteiger partial charge is 0.466 e. The van der Waals surface area contributed by atoms with Crippen molar-refractivity contribution in [2.75, 3.05) is 6.61 Å². The molecule has 5 nitrogen and oxygen atoms in total. The zero-order chi connectivity index (χ0) is 16.9. The van der Waals surface area contributed by atoms with Crippen LogP contribution in [0.25, 0.3) is 0 Å². The molecule has 0 unspecified atom stereocenters. The van der Waals surface area contributed by atoms with Crippen LogP contribution < -0.4 is 10.5 Å². The number of aromatic nitrogens is 1. The third-order valence-corrected chi connectivity index (χ3v) is 2.42. The predicted molar refractivity (Wildman–Crippen MR) is 64.1 cm³/mol. The lowest BCUT2D eigenvalue weighted by Gasteiger charge is -2.17. The molecule has 0 fully saturated rings. The molecule has 0 aliphatic heterocycles. The van der Waals surface area contributed by atoms with Gasteiger partial charge in [0.1, 0.15) is 5.75 Å². The van der Waals surface area contributed by atoms with Gasteiger partial charge in [0.2, 0.25) is 0 Å². The van der Waals surface area contributed by atoms with Gasteiger partial charge in [-0.15, -0.1) is 13.2 Å². The monoisotopic (exact) mass is 328 g/mol. The van der Waals surface area contributed by atoms with E-state index in [1.54, 1.807) is 0 Å². The molecule has 0 bridgehead atoms. The van der Waals surface area contributed by atoms with Crippen molar-refractivity contribution < 1.29 is 36.2 Å². The highest BCUT2D eigenvalue weighted by Crippen LogP contribution is 2.35. The first-order valence-electron chi connectivity index (χ1n) is 6.10. The van der Waals surface area contributed by atoms with Gasteiger partial charge in [0.25, 0.3) is 6.43 Å². The van der Waals surface area contributed by atoms with Gasteiger partial charge in [0.05, 0.1) is 30.0 Å². The lowest BCUT2D eigenvalue weighted by molar-refractivity contribution is -0.275. The Labute approximate surface area is 122 Å². The molecule has 0 aromatic carbocycles. The molecule has 0 aliphatic carbocycles. The summed E-state index contributed by atoms with van der Waals surface area (Å²) in [6.45, 7) is 1.17. The Kier molecular flexibility index (Phi) is 6.03. The van der Waals surface area contributed by atoms with E-state index in [1.807, 2.05) is 0 Å². The highest BCUT2D eigenvalue weighted by molar-refractivity contribution is 5.72. The van der Waals surface area contributed by atoms with Crippen LogP contribution in [0.4, 0.5) is 22.0 Å². The molecule has 0 saturated heterocycles. The van der Waals surface area contributed by atoms with Gasteiger partial charge in [0.15, 0.2) is 0 Å². The quantitative estimate of drug-likeness (QED) is 0.641. The molecule has 0 radical (unpaired) electrons. The number of hydrogen-bond acceptors (Lipinski definition) is 5. The first kappa shape index (κ1) is 18.1. The maximum absolute atomic E-state index is 13.1. The van der Waals surface area contributed by atoms with Crippen LogP contribution in [-0.4, -0.2) is 23.9 Å². The fourth-order valence-electron chi connectivity index (χ4n) is 1.67. The van der Waals surface area contributed by atoms with E-state index in [1.165, 1.54) is 6.92 Å². The number of nitrogens with zero attached hydrogens (tertiary/aromatic N) is 1. The van der Waals surface area contributed by atoms with Crippen molar-refractivity contribution in [1.29, 1.82) is 0 Å². The number of ether oxygens (including phenoxy) is 2. The zero-order valence-electron chi connectivity index (χ0n) is 11.4. The summed E-state index contributed by atoms with van der Waals surface area (Å²) in [6.07, 6.45) is -9.20. The molecule has 22 heavy (non-hydrogen) atoms. The molecule has 1 aromatic rings. The number of esters is 1. The van der Waals surface area contributed by atoms with Crippen molar-refractivity contribution in [3.05, 3.63) is 23.0 Å². The number of carbonyl (C=O) groups is 1. The summed E-state index contributed by atoms with van der Waals surface area (Å²) in [5.41, 5.74) is 3.47. The molecule has 1 aromatic heterocycles. The lowest BCUT2D eigenvalue weighted by atomic mass is 10.1. The first-order valence-corrected chi connectivity index (χ1v) is 6.10. The van der Waals surface area contributed by atoms with E-state index >= 15 is 0 Å². The van der Waals surface area contributed by atoms with Crippen LogP contribution in [0.5, 0.6) is 5.75 Å². The van der Waals surface area contributed by atoms with Crippen molar-refractivity contribution in [2.45, 2.75) is 32.7 Å². The van der Waals surface area contributed by atoms with Crippen molar-refractivity contribution in [3.63, 3.8) is 0 Å². The number of carbonyl (C=O) groups excluding carboxylic acids is 1. The number of rotatable bonds is 6. The van der Waals surface area contributed by atoms with E-state index in [2.05, 4.69) is 14.5 Å². The van der Waals surface area contributed by atoms with Gasteiger partial charge >= 0.3 is 12.3 Å². The summed E-state index contributed by atoms with van der Waals surface area (Å²) in [7, 11) is 0. The maximum atomic E-state index is 13.1. The second kappa shape index (κ2) is 7.34. The third kappa shape index (κ3) is 5.10. The van der Waals surface area contributed by atoms with Gasteiger partial charge in [-0.05, 0) is 6.92 Å². The van der Waals surface area contributed by atoms with E-state index < -0.39 is 42.2 Å². The van der Waals surface area contributed by atoms with E-state index in [4.69, 9.17) is 5.73 Å². The summed E-state index contributed by atoms with van der Waals surface area (Å²) in [5, 5.41) is 0. The fourth-order valence-corrected chi connectivity index (χ4v) is 1.67. The van der Waals surface area contributed by atoms with E-state index in [0.29, 0.717) is 6.07 Å². The van der Waals surface area contributed by atoms with Crippen molar-refractivity contribution in [3.8, 4) is 5.75 Å².